The topological polar surface area (TPSA) is 50.9 Å². The molecular formula is C38H27N3. The number of hydrogen-bond acceptors (Lipinski definition) is 3. The van der Waals surface area contributed by atoms with Crippen LogP contribution in [-0.2, 0) is 0 Å². The lowest BCUT2D eigenvalue weighted by Crippen LogP contribution is -2.16. The molecule has 6 aromatic rings. The van der Waals surface area contributed by atoms with Crippen molar-refractivity contribution < 1.29 is 0 Å². The second-order valence-electron chi connectivity index (χ2n) is 10.2. The zero-order valence-electron chi connectivity index (χ0n) is 22.4. The largest absolute Gasteiger partial charge is 0.310 e. The van der Waals surface area contributed by atoms with E-state index in [9.17, 15) is 0 Å². The first-order valence-corrected chi connectivity index (χ1v) is 13.7. The molecule has 6 aromatic carbocycles. The Balaban J connectivity index is 1.34. The van der Waals surface area contributed by atoms with Crippen LogP contribution < -0.4 is 4.90 Å². The van der Waals surface area contributed by atoms with Gasteiger partial charge in [0, 0.05) is 22.6 Å². The molecule has 7 rings (SSSR count). The molecule has 0 saturated carbocycles. The average Bonchev–Trinajstić information content (AvgIpc) is 3.04. The Labute approximate surface area is 239 Å². The number of benzene rings is 6. The van der Waals surface area contributed by atoms with Crippen molar-refractivity contribution in [1.29, 1.82) is 10.8 Å². The van der Waals surface area contributed by atoms with Gasteiger partial charge in [-0.05, 0) is 81.1 Å². The molecule has 0 aliphatic heterocycles. The first kappa shape index (κ1) is 24.5. The molecule has 0 saturated heterocycles. The van der Waals surface area contributed by atoms with Crippen LogP contribution in [0.5, 0.6) is 0 Å². The van der Waals surface area contributed by atoms with E-state index in [0.717, 1.165) is 39.0 Å². The Hall–Kier alpha value is -5.54. The summed E-state index contributed by atoms with van der Waals surface area (Å²) < 4.78 is 0. The maximum atomic E-state index is 8.56. The predicted molar refractivity (Wildman–Crippen MR) is 173 cm³/mol. The number of hydrogen-bond donors (Lipinski definition) is 2. The quantitative estimate of drug-likeness (QED) is 0.231. The van der Waals surface area contributed by atoms with E-state index in [-0.39, 0.29) is 11.4 Å². The van der Waals surface area contributed by atoms with Crippen LogP contribution in [0.1, 0.15) is 11.1 Å². The van der Waals surface area contributed by atoms with Crippen LogP contribution in [0.25, 0.3) is 39.1 Å². The van der Waals surface area contributed by atoms with Crippen LogP contribution >= 0.6 is 0 Å². The SMILES string of the molecule is N=C1C=Cc2ccc3cc(N(c4ccc(-c5ccccc5)cc4)c4ccc(-c5ccccc5)cc4)ccc3c2C1=N. The third-order valence-corrected chi connectivity index (χ3v) is 7.71. The smallest absolute Gasteiger partial charge is 0.0873 e. The van der Waals surface area contributed by atoms with Gasteiger partial charge in [0.15, 0.2) is 0 Å². The number of rotatable bonds is 5. The van der Waals surface area contributed by atoms with Crippen molar-refractivity contribution in [2.75, 3.05) is 4.90 Å². The molecule has 3 nitrogen and oxygen atoms in total. The molecule has 1 aliphatic rings. The zero-order valence-corrected chi connectivity index (χ0v) is 22.4. The van der Waals surface area contributed by atoms with Gasteiger partial charge in [0.05, 0.1) is 11.4 Å². The molecule has 1 aliphatic carbocycles. The minimum Gasteiger partial charge on any atom is -0.310 e. The van der Waals surface area contributed by atoms with Crippen LogP contribution in [0, 0.1) is 10.8 Å². The molecule has 0 bridgehead atoms. The molecule has 2 N–H and O–H groups in total. The van der Waals surface area contributed by atoms with Crippen LogP contribution in [0.4, 0.5) is 17.1 Å². The fourth-order valence-electron chi connectivity index (χ4n) is 5.60. The second kappa shape index (κ2) is 10.2. The summed E-state index contributed by atoms with van der Waals surface area (Å²) in [4.78, 5) is 2.27. The highest BCUT2D eigenvalue weighted by molar-refractivity contribution is 6.53. The molecule has 0 heterocycles. The van der Waals surface area contributed by atoms with Crippen LogP contribution in [0.3, 0.4) is 0 Å². The van der Waals surface area contributed by atoms with Gasteiger partial charge in [-0.2, -0.15) is 0 Å². The highest BCUT2D eigenvalue weighted by atomic mass is 15.1. The van der Waals surface area contributed by atoms with Gasteiger partial charge >= 0.3 is 0 Å². The average molecular weight is 526 g/mol. The maximum absolute atomic E-state index is 8.56. The maximum Gasteiger partial charge on any atom is 0.0873 e. The number of nitrogens with zero attached hydrogens (tertiary/aromatic N) is 1. The highest BCUT2D eigenvalue weighted by Gasteiger charge is 2.19. The molecule has 0 amide bonds. The summed E-state index contributed by atoms with van der Waals surface area (Å²) in [5.74, 6) is 0. The Morgan fingerprint density at radius 3 is 1.51 bits per heavy atom. The molecule has 0 aromatic heterocycles. The van der Waals surface area contributed by atoms with Crippen LogP contribution in [-0.4, -0.2) is 11.4 Å². The third kappa shape index (κ3) is 4.54. The van der Waals surface area contributed by atoms with Gasteiger partial charge in [-0.15, -0.1) is 0 Å². The van der Waals surface area contributed by atoms with E-state index < -0.39 is 0 Å². The normalized spacial score (nSPS) is 12.4. The Morgan fingerprint density at radius 2 is 0.951 bits per heavy atom. The number of nitrogens with one attached hydrogen (secondary N) is 2. The van der Waals surface area contributed by atoms with Gasteiger partial charge in [-0.3, -0.25) is 10.8 Å². The Morgan fingerprint density at radius 1 is 0.439 bits per heavy atom. The van der Waals surface area contributed by atoms with Crippen molar-refractivity contribution in [3.05, 3.63) is 157 Å². The fourth-order valence-corrected chi connectivity index (χ4v) is 5.60. The first-order chi connectivity index (χ1) is 20.2. The molecule has 0 fully saturated rings. The van der Waals surface area contributed by atoms with E-state index in [1.807, 2.05) is 24.3 Å². The summed E-state index contributed by atoms with van der Waals surface area (Å²) >= 11 is 0. The Bertz CT molecular complexity index is 1850. The summed E-state index contributed by atoms with van der Waals surface area (Å²) in [6.07, 6.45) is 3.63. The lowest BCUT2D eigenvalue weighted by atomic mass is 9.89. The van der Waals surface area contributed by atoms with Crippen molar-refractivity contribution in [3.8, 4) is 22.3 Å². The number of anilines is 3. The molecule has 0 unspecified atom stereocenters. The summed E-state index contributed by atoms with van der Waals surface area (Å²) in [5.41, 5.74) is 10.2. The summed E-state index contributed by atoms with van der Waals surface area (Å²) in [7, 11) is 0. The third-order valence-electron chi connectivity index (χ3n) is 7.71. The van der Waals surface area contributed by atoms with E-state index in [2.05, 4.69) is 126 Å². The number of allylic oxidation sites excluding steroid dienone is 1. The van der Waals surface area contributed by atoms with Gasteiger partial charge in [0.2, 0.25) is 0 Å². The minimum atomic E-state index is 0.243. The van der Waals surface area contributed by atoms with Gasteiger partial charge in [0.25, 0.3) is 0 Å². The van der Waals surface area contributed by atoms with E-state index in [1.54, 1.807) is 6.08 Å². The van der Waals surface area contributed by atoms with E-state index >= 15 is 0 Å². The van der Waals surface area contributed by atoms with Gasteiger partial charge in [-0.25, -0.2) is 0 Å². The molecule has 194 valence electrons. The second-order valence-corrected chi connectivity index (χ2v) is 10.2. The molecule has 41 heavy (non-hydrogen) atoms. The number of fused-ring (bicyclic) bond motifs is 3. The fraction of sp³-hybridized carbons (Fsp3) is 0. The molecule has 0 spiro atoms. The molecule has 0 atom stereocenters. The van der Waals surface area contributed by atoms with Gasteiger partial charge in [-0.1, -0.05) is 109 Å². The van der Waals surface area contributed by atoms with Crippen molar-refractivity contribution in [2.45, 2.75) is 0 Å². The van der Waals surface area contributed by atoms with Crippen molar-refractivity contribution in [3.63, 3.8) is 0 Å². The lowest BCUT2D eigenvalue weighted by Gasteiger charge is -2.27. The van der Waals surface area contributed by atoms with Crippen molar-refractivity contribution in [2.24, 2.45) is 0 Å². The summed E-state index contributed by atoms with van der Waals surface area (Å²) in [6.45, 7) is 0. The zero-order chi connectivity index (χ0) is 27.8. The summed E-state index contributed by atoms with van der Waals surface area (Å²) in [5, 5.41) is 18.8. The highest BCUT2D eigenvalue weighted by Crippen LogP contribution is 2.39. The molecule has 3 heteroatoms. The van der Waals surface area contributed by atoms with E-state index in [1.165, 1.54) is 22.3 Å². The summed E-state index contributed by atoms with van der Waals surface area (Å²) in [6, 6.07) is 48.8. The van der Waals surface area contributed by atoms with Gasteiger partial charge in [0.1, 0.15) is 0 Å². The lowest BCUT2D eigenvalue weighted by molar-refractivity contribution is 1.29. The predicted octanol–water partition coefficient (Wildman–Crippen LogP) is 10.1. The van der Waals surface area contributed by atoms with E-state index in [4.69, 9.17) is 10.8 Å². The van der Waals surface area contributed by atoms with Crippen molar-refractivity contribution in [1.82, 2.24) is 0 Å². The van der Waals surface area contributed by atoms with Gasteiger partial charge < -0.3 is 4.90 Å². The van der Waals surface area contributed by atoms with Crippen LogP contribution in [0.2, 0.25) is 0 Å². The minimum absolute atomic E-state index is 0.243. The Kier molecular flexibility index (Phi) is 6.10. The van der Waals surface area contributed by atoms with Crippen molar-refractivity contribution >= 4 is 45.3 Å². The molecular weight excluding hydrogens is 498 g/mol. The standard InChI is InChI=1S/C38H27N3/c39-36-24-17-30-11-12-31-25-34(22-23-35(31)37(30)38(36)40)41(32-18-13-28(14-19-32)26-7-3-1-4-8-26)33-20-15-29(16-21-33)27-9-5-2-6-10-27/h1-25,39-40H. The van der Waals surface area contributed by atoms with E-state index in [0.29, 0.717) is 0 Å². The van der Waals surface area contributed by atoms with Crippen LogP contribution in [0.15, 0.2) is 146 Å². The monoisotopic (exact) mass is 525 g/mol. The molecule has 0 radical (unpaired) electrons. The first-order valence-electron chi connectivity index (χ1n) is 13.7.